The van der Waals surface area contributed by atoms with Crippen LogP contribution in [0.4, 0.5) is 0 Å². The van der Waals surface area contributed by atoms with E-state index in [9.17, 15) is 5.11 Å². The van der Waals surface area contributed by atoms with E-state index in [2.05, 4.69) is 15.0 Å². The Bertz CT molecular complexity index is 645. The van der Waals surface area contributed by atoms with Gasteiger partial charge in [-0.1, -0.05) is 0 Å². The van der Waals surface area contributed by atoms with E-state index in [0.29, 0.717) is 10.3 Å². The Morgan fingerprint density at radius 3 is 2.95 bits per heavy atom. The number of nitrogens with zero attached hydrogens (tertiary/aromatic N) is 4. The molecule has 8 heteroatoms. The average molecular weight is 389 g/mol. The van der Waals surface area contributed by atoms with Crippen molar-refractivity contribution in [2.75, 3.05) is 11.0 Å². The van der Waals surface area contributed by atoms with Gasteiger partial charge in [0, 0.05) is 0 Å². The summed E-state index contributed by atoms with van der Waals surface area (Å²) < 4.78 is 9.37. The second-order valence-electron chi connectivity index (χ2n) is 4.97. The Kier molecular flexibility index (Phi) is 3.13. The molecule has 0 spiro atoms. The van der Waals surface area contributed by atoms with Gasteiger partial charge in [0.05, 0.1) is 0 Å². The average Bonchev–Trinajstić information content (AvgIpc) is 3.10. The molecule has 4 rings (SSSR count). The fourth-order valence-corrected chi connectivity index (χ4v) is 4.10. The summed E-state index contributed by atoms with van der Waals surface area (Å²) in [4.78, 5) is 13.1. The van der Waals surface area contributed by atoms with E-state index < -0.39 is 12.2 Å². The number of hydrogen-bond acceptors (Lipinski definition) is 6. The molecule has 3 unspecified atom stereocenters. The fraction of sp³-hybridized carbons (Fsp3) is 0.583. The molecule has 0 aliphatic carbocycles. The number of aliphatic hydroxyl groups is 2. The molecule has 4 atom stereocenters. The number of halogens is 1. The van der Waals surface area contributed by atoms with Gasteiger partial charge in [-0.3, -0.25) is 0 Å². The van der Waals surface area contributed by atoms with Crippen molar-refractivity contribution in [3.63, 3.8) is 0 Å². The summed E-state index contributed by atoms with van der Waals surface area (Å²) in [6, 6.07) is 0. The van der Waals surface area contributed by atoms with Crippen LogP contribution in [0, 0.1) is 0 Å². The number of aromatic nitrogens is 4. The molecule has 4 heterocycles. The number of alkyl halides is 2. The van der Waals surface area contributed by atoms with Crippen molar-refractivity contribution in [1.82, 2.24) is 19.5 Å². The zero-order chi connectivity index (χ0) is 13.7. The zero-order valence-corrected chi connectivity index (χ0v) is 12.7. The van der Waals surface area contributed by atoms with Gasteiger partial charge < -0.3 is 0 Å². The van der Waals surface area contributed by atoms with Crippen molar-refractivity contribution in [2.24, 2.45) is 0 Å². The number of hydrogen-bond donors (Lipinski definition) is 2. The maximum atomic E-state index is 9.84. The van der Waals surface area contributed by atoms with Crippen LogP contribution in [0.5, 0.6) is 0 Å². The molecule has 108 valence electrons. The van der Waals surface area contributed by atoms with Crippen molar-refractivity contribution in [3.05, 3.63) is 18.3 Å². The third kappa shape index (κ3) is 2.01. The molecule has 2 aliphatic heterocycles. The topological polar surface area (TPSA) is 93.3 Å². The molecule has 2 fully saturated rings. The van der Waals surface area contributed by atoms with Crippen LogP contribution in [-0.2, 0) is 4.74 Å². The number of fused-ring (bicyclic) bond motifs is 1. The van der Waals surface area contributed by atoms with Crippen LogP contribution in [0.2, 0.25) is 0 Å². The molecule has 0 bridgehead atoms. The van der Waals surface area contributed by atoms with E-state index in [1.807, 2.05) is 4.57 Å². The van der Waals surface area contributed by atoms with Crippen LogP contribution >= 0.6 is 0 Å². The zero-order valence-electron chi connectivity index (χ0n) is 10.6. The first-order chi connectivity index (χ1) is 9.78. The minimum atomic E-state index is -0.655. The summed E-state index contributed by atoms with van der Waals surface area (Å²) in [5.74, 6) is 0. The number of aliphatic hydroxyl groups excluding tert-OH is 2. The first kappa shape index (κ1) is 12.9. The van der Waals surface area contributed by atoms with Crippen molar-refractivity contribution >= 4 is 11.2 Å². The van der Waals surface area contributed by atoms with Crippen LogP contribution in [0.25, 0.3) is 11.2 Å². The van der Waals surface area contributed by atoms with Crippen molar-refractivity contribution in [3.8, 4) is 0 Å². The summed E-state index contributed by atoms with van der Waals surface area (Å²) in [7, 11) is 0. The quantitative estimate of drug-likeness (QED) is 0.420. The van der Waals surface area contributed by atoms with E-state index in [1.54, 1.807) is 12.7 Å². The van der Waals surface area contributed by atoms with Crippen LogP contribution in [0.1, 0.15) is 22.3 Å². The molecule has 2 aromatic heterocycles. The van der Waals surface area contributed by atoms with E-state index in [0.717, 1.165) is 16.9 Å². The van der Waals surface area contributed by atoms with Gasteiger partial charge >= 0.3 is 125 Å². The Hall–Kier alpha value is -0.840. The Balaban J connectivity index is 1.72. The van der Waals surface area contributed by atoms with Gasteiger partial charge in [-0.05, 0) is 0 Å². The molecule has 2 saturated heterocycles. The molecule has 2 aromatic rings. The number of ether oxygens (including phenoxy) is 1. The second-order valence-corrected chi connectivity index (χ2v) is 8.24. The van der Waals surface area contributed by atoms with Crippen LogP contribution in [-0.4, -0.2) is 53.0 Å². The van der Waals surface area contributed by atoms with Gasteiger partial charge in [0.15, 0.2) is 0 Å². The third-order valence-electron chi connectivity index (χ3n) is 3.69. The third-order valence-corrected chi connectivity index (χ3v) is 6.04. The Morgan fingerprint density at radius 1 is 1.40 bits per heavy atom. The normalized spacial score (nSPS) is 33.3. The van der Waals surface area contributed by atoms with Crippen LogP contribution in [0.3, 0.4) is 0 Å². The second kappa shape index (κ2) is 4.86. The molecular formula is C12H14IN4O3-. The van der Waals surface area contributed by atoms with Gasteiger partial charge in [-0.25, -0.2) is 0 Å². The molecule has 0 radical (unpaired) electrons. The van der Waals surface area contributed by atoms with Gasteiger partial charge in [0.1, 0.15) is 0 Å². The SMILES string of the molecule is OCC1OC(n2cnc3c(C4C[I-]4)ncnc32)C[C@@H]1O. The first-order valence-corrected chi connectivity index (χ1v) is 9.24. The fourth-order valence-electron chi connectivity index (χ4n) is 2.55. The standard InChI is InChI=1S/C12H14IN4O3/c18-3-8-7(19)1-9(20-8)17-5-16-11-10(6-2-13-6)14-4-15-12(11)17/h4-9,18-19H,1-3H2/q-1/t6?,7-,8?,9?/m0/s1. The van der Waals surface area contributed by atoms with Gasteiger partial charge in [0.2, 0.25) is 0 Å². The van der Waals surface area contributed by atoms with E-state index in [-0.39, 0.29) is 34.0 Å². The molecule has 0 aromatic carbocycles. The predicted molar refractivity (Wildman–Crippen MR) is 64.6 cm³/mol. The van der Waals surface area contributed by atoms with E-state index >= 15 is 0 Å². The number of rotatable bonds is 3. The number of imidazole rings is 1. The first-order valence-electron chi connectivity index (χ1n) is 6.47. The molecular weight excluding hydrogens is 375 g/mol. The summed E-state index contributed by atoms with van der Waals surface area (Å²) in [5, 5.41) is 19.0. The monoisotopic (exact) mass is 389 g/mol. The minimum absolute atomic E-state index is 0.183. The molecule has 0 amide bonds. The Labute approximate surface area is 125 Å². The van der Waals surface area contributed by atoms with Crippen LogP contribution < -0.4 is 21.2 Å². The predicted octanol–water partition coefficient (Wildman–Crippen LogP) is -3.39. The summed E-state index contributed by atoms with van der Waals surface area (Å²) >= 11 is 0.258. The molecule has 2 N–H and O–H groups in total. The maximum absolute atomic E-state index is 9.84. The molecule has 20 heavy (non-hydrogen) atoms. The van der Waals surface area contributed by atoms with Crippen LogP contribution in [0.15, 0.2) is 12.7 Å². The molecule has 2 aliphatic rings. The van der Waals surface area contributed by atoms with Gasteiger partial charge in [0.25, 0.3) is 0 Å². The Morgan fingerprint density at radius 2 is 2.25 bits per heavy atom. The van der Waals surface area contributed by atoms with Gasteiger partial charge in [-0.2, -0.15) is 0 Å². The van der Waals surface area contributed by atoms with Crippen molar-refractivity contribution < 1.29 is 36.2 Å². The van der Waals surface area contributed by atoms with Gasteiger partial charge in [-0.15, -0.1) is 0 Å². The summed E-state index contributed by atoms with van der Waals surface area (Å²) in [5.41, 5.74) is 2.65. The molecule has 0 saturated carbocycles. The summed E-state index contributed by atoms with van der Waals surface area (Å²) in [6.45, 7) is -0.183. The van der Waals surface area contributed by atoms with Crippen molar-refractivity contribution in [2.45, 2.75) is 28.8 Å². The summed E-state index contributed by atoms with van der Waals surface area (Å²) in [6.07, 6.45) is 2.19. The van der Waals surface area contributed by atoms with E-state index in [1.165, 1.54) is 4.43 Å². The van der Waals surface area contributed by atoms with Crippen molar-refractivity contribution in [1.29, 1.82) is 0 Å². The molecule has 7 nitrogen and oxygen atoms in total. The van der Waals surface area contributed by atoms with E-state index in [4.69, 9.17) is 9.84 Å².